The third-order valence-corrected chi connectivity index (χ3v) is 7.06. The highest BCUT2D eigenvalue weighted by Gasteiger charge is 2.18. The van der Waals surface area contributed by atoms with Crippen LogP contribution in [0.15, 0.2) is 113 Å². The zero-order valence-corrected chi connectivity index (χ0v) is 20.3. The molecule has 0 bridgehead atoms. The fraction of sp³-hybridized carbons (Fsp3) is 0.0385. The summed E-state index contributed by atoms with van der Waals surface area (Å²) in [6, 6.07) is 29.2. The molecule has 0 saturated heterocycles. The molecule has 170 valence electrons. The van der Waals surface area contributed by atoms with E-state index in [0.29, 0.717) is 6.54 Å². The van der Waals surface area contributed by atoms with E-state index >= 15 is 0 Å². The summed E-state index contributed by atoms with van der Waals surface area (Å²) in [5, 5.41) is 3.50. The van der Waals surface area contributed by atoms with E-state index in [1.54, 1.807) is 24.3 Å². The molecule has 34 heavy (non-hydrogen) atoms. The van der Waals surface area contributed by atoms with Crippen LogP contribution >= 0.6 is 15.9 Å². The van der Waals surface area contributed by atoms with Crippen LogP contribution in [0.4, 0.5) is 5.82 Å². The van der Waals surface area contributed by atoms with Gasteiger partial charge in [0.15, 0.2) is 0 Å². The Morgan fingerprint density at radius 1 is 0.853 bits per heavy atom. The first-order valence-corrected chi connectivity index (χ1v) is 12.8. The number of anilines is 1. The van der Waals surface area contributed by atoms with Crippen molar-refractivity contribution in [2.24, 2.45) is 0 Å². The van der Waals surface area contributed by atoms with Gasteiger partial charge in [-0.05, 0) is 66.2 Å². The van der Waals surface area contributed by atoms with Crippen LogP contribution in [0.1, 0.15) is 5.56 Å². The van der Waals surface area contributed by atoms with Gasteiger partial charge in [0.25, 0.3) is 0 Å². The standard InChI is InChI=1S/C26H20BrN3O3S/c27-21-11-15-23(16-12-21)34(31,32)33-22-13-9-20(10-14-22)25-26(28-18-19-6-2-1-3-7-19)30-17-5-4-8-24(30)29-25/h1-17,28H,18H2. The maximum Gasteiger partial charge on any atom is 0.339 e. The summed E-state index contributed by atoms with van der Waals surface area (Å²) in [5.41, 5.74) is 3.57. The van der Waals surface area contributed by atoms with Crippen molar-refractivity contribution in [3.63, 3.8) is 0 Å². The van der Waals surface area contributed by atoms with Crippen LogP contribution in [0.3, 0.4) is 0 Å². The number of imidazole rings is 1. The molecule has 0 aliphatic rings. The van der Waals surface area contributed by atoms with Crippen LogP contribution in [0.25, 0.3) is 16.9 Å². The van der Waals surface area contributed by atoms with E-state index in [9.17, 15) is 8.42 Å². The molecule has 0 saturated carbocycles. The van der Waals surface area contributed by atoms with Gasteiger partial charge in [0.05, 0.1) is 0 Å². The summed E-state index contributed by atoms with van der Waals surface area (Å²) in [7, 11) is -3.93. The first kappa shape index (κ1) is 22.2. The second kappa shape index (κ2) is 9.32. The molecule has 0 fully saturated rings. The Labute approximate surface area is 206 Å². The van der Waals surface area contributed by atoms with E-state index in [2.05, 4.69) is 33.4 Å². The van der Waals surface area contributed by atoms with Crippen LogP contribution in [-0.2, 0) is 16.7 Å². The number of hydrogen-bond acceptors (Lipinski definition) is 5. The summed E-state index contributed by atoms with van der Waals surface area (Å²) in [4.78, 5) is 4.88. The molecule has 6 nitrogen and oxygen atoms in total. The van der Waals surface area contributed by atoms with Crippen LogP contribution in [0.2, 0.25) is 0 Å². The van der Waals surface area contributed by atoms with E-state index in [-0.39, 0.29) is 10.6 Å². The normalized spacial score (nSPS) is 11.4. The van der Waals surface area contributed by atoms with E-state index < -0.39 is 10.1 Å². The monoisotopic (exact) mass is 533 g/mol. The molecule has 0 radical (unpaired) electrons. The Hall–Kier alpha value is -3.62. The predicted octanol–water partition coefficient (Wildman–Crippen LogP) is 6.14. The zero-order valence-electron chi connectivity index (χ0n) is 17.9. The van der Waals surface area contributed by atoms with Crippen LogP contribution < -0.4 is 9.50 Å². The second-order valence-electron chi connectivity index (χ2n) is 7.59. The first-order valence-electron chi connectivity index (χ1n) is 10.5. The van der Waals surface area contributed by atoms with Gasteiger partial charge in [0.1, 0.15) is 27.8 Å². The molecule has 0 spiro atoms. The maximum atomic E-state index is 12.6. The van der Waals surface area contributed by atoms with Crippen molar-refractivity contribution < 1.29 is 12.6 Å². The van der Waals surface area contributed by atoms with Gasteiger partial charge in [-0.3, -0.25) is 4.40 Å². The fourth-order valence-electron chi connectivity index (χ4n) is 3.59. The Kier molecular flexibility index (Phi) is 6.08. The molecule has 8 heteroatoms. The highest BCUT2D eigenvalue weighted by atomic mass is 79.9. The summed E-state index contributed by atoms with van der Waals surface area (Å²) >= 11 is 3.30. The van der Waals surface area contributed by atoms with Crippen molar-refractivity contribution in [1.82, 2.24) is 9.38 Å². The van der Waals surface area contributed by atoms with Crippen molar-refractivity contribution >= 4 is 37.5 Å². The number of hydrogen-bond donors (Lipinski definition) is 1. The van der Waals surface area contributed by atoms with Gasteiger partial charge in [-0.1, -0.05) is 52.3 Å². The molecule has 1 N–H and O–H groups in total. The molecule has 2 aromatic heterocycles. The number of fused-ring (bicyclic) bond motifs is 1. The van der Waals surface area contributed by atoms with Crippen LogP contribution in [-0.4, -0.2) is 17.8 Å². The Morgan fingerprint density at radius 3 is 2.29 bits per heavy atom. The number of halogens is 1. The van der Waals surface area contributed by atoms with Crippen molar-refractivity contribution in [3.8, 4) is 17.0 Å². The zero-order chi connectivity index (χ0) is 23.5. The minimum absolute atomic E-state index is 0.0903. The summed E-state index contributed by atoms with van der Waals surface area (Å²) in [5.74, 6) is 1.09. The molecule has 0 atom stereocenters. The lowest BCUT2D eigenvalue weighted by Crippen LogP contribution is -2.09. The third-order valence-electron chi connectivity index (χ3n) is 5.27. The molecule has 0 aliphatic heterocycles. The van der Waals surface area contributed by atoms with Crippen molar-refractivity contribution in [2.45, 2.75) is 11.4 Å². The number of aromatic nitrogens is 2. The lowest BCUT2D eigenvalue weighted by molar-refractivity contribution is 0.486. The second-order valence-corrected chi connectivity index (χ2v) is 10.1. The minimum atomic E-state index is -3.93. The van der Waals surface area contributed by atoms with E-state index in [4.69, 9.17) is 9.17 Å². The topological polar surface area (TPSA) is 72.7 Å². The smallest absolute Gasteiger partial charge is 0.339 e. The lowest BCUT2D eigenvalue weighted by atomic mass is 10.1. The summed E-state index contributed by atoms with van der Waals surface area (Å²) < 4.78 is 33.3. The molecule has 0 amide bonds. The molecule has 2 heterocycles. The molecule has 3 aromatic carbocycles. The summed E-state index contributed by atoms with van der Waals surface area (Å²) in [6.07, 6.45) is 1.96. The van der Waals surface area contributed by atoms with Gasteiger partial charge in [-0.25, -0.2) is 4.98 Å². The maximum absolute atomic E-state index is 12.6. The lowest BCUT2D eigenvalue weighted by Gasteiger charge is -2.10. The van der Waals surface area contributed by atoms with Gasteiger partial charge in [0, 0.05) is 22.8 Å². The number of pyridine rings is 1. The van der Waals surface area contributed by atoms with Gasteiger partial charge in [-0.15, -0.1) is 0 Å². The first-order chi connectivity index (χ1) is 16.5. The Balaban J connectivity index is 1.43. The SMILES string of the molecule is O=S(=O)(Oc1ccc(-c2nc3ccccn3c2NCc2ccccc2)cc1)c1ccc(Br)cc1. The molecule has 5 aromatic rings. The van der Waals surface area contributed by atoms with Gasteiger partial charge in [-0.2, -0.15) is 8.42 Å². The minimum Gasteiger partial charge on any atom is -0.379 e. The predicted molar refractivity (Wildman–Crippen MR) is 136 cm³/mol. The van der Waals surface area contributed by atoms with E-state index in [1.165, 1.54) is 12.1 Å². The van der Waals surface area contributed by atoms with Crippen molar-refractivity contribution in [1.29, 1.82) is 0 Å². The summed E-state index contributed by atoms with van der Waals surface area (Å²) in [6.45, 7) is 0.642. The molecule has 0 unspecified atom stereocenters. The van der Waals surface area contributed by atoms with Crippen molar-refractivity contribution in [2.75, 3.05) is 5.32 Å². The Bertz CT molecular complexity index is 1530. The van der Waals surface area contributed by atoms with Crippen LogP contribution in [0.5, 0.6) is 5.75 Å². The van der Waals surface area contributed by atoms with Gasteiger partial charge in [0.2, 0.25) is 0 Å². The van der Waals surface area contributed by atoms with Crippen LogP contribution in [0, 0.1) is 0 Å². The quantitative estimate of drug-likeness (QED) is 0.254. The van der Waals surface area contributed by atoms with E-state index in [0.717, 1.165) is 32.8 Å². The fourth-order valence-corrected chi connectivity index (χ4v) is 4.79. The highest BCUT2D eigenvalue weighted by molar-refractivity contribution is 9.10. The highest BCUT2D eigenvalue weighted by Crippen LogP contribution is 2.31. The number of nitrogens with one attached hydrogen (secondary N) is 1. The third kappa shape index (κ3) is 4.69. The molecular formula is C26H20BrN3O3S. The average Bonchev–Trinajstić information content (AvgIpc) is 3.22. The number of nitrogens with zero attached hydrogens (tertiary/aromatic N) is 2. The number of benzene rings is 3. The van der Waals surface area contributed by atoms with E-state index in [1.807, 2.05) is 59.1 Å². The largest absolute Gasteiger partial charge is 0.379 e. The average molecular weight is 534 g/mol. The molecule has 5 rings (SSSR count). The van der Waals surface area contributed by atoms with Gasteiger partial charge < -0.3 is 9.50 Å². The van der Waals surface area contributed by atoms with Crippen molar-refractivity contribution in [3.05, 3.63) is 113 Å². The molecular weight excluding hydrogens is 514 g/mol. The molecule has 0 aliphatic carbocycles. The van der Waals surface area contributed by atoms with Gasteiger partial charge >= 0.3 is 10.1 Å². The Morgan fingerprint density at radius 2 is 1.56 bits per heavy atom. The number of rotatable bonds is 7.